The molecule has 1 aromatic rings. The summed E-state index contributed by atoms with van der Waals surface area (Å²) in [6.45, 7) is 5.11. The molecular weight excluding hydrogens is 266 g/mol. The summed E-state index contributed by atoms with van der Waals surface area (Å²) in [6.07, 6.45) is 5.91. The molecule has 0 bridgehead atoms. The predicted molar refractivity (Wildman–Crippen MR) is 83.2 cm³/mol. The standard InChI is InChI=1S/C16H25N3O2/c1-3-12(4-2)14-11-13(8-10-21-14)18-16(20)19-15-7-5-6-9-17-15/h5-7,9,12-14H,3-4,8,10-11H2,1-2H3,(H2,17,18,19,20)/t13-,14+/m1/s1. The van der Waals surface area contributed by atoms with Crippen LogP contribution in [0, 0.1) is 5.92 Å². The van der Waals surface area contributed by atoms with E-state index in [1.165, 1.54) is 0 Å². The maximum atomic E-state index is 12.0. The third-order valence-corrected chi connectivity index (χ3v) is 4.13. The highest BCUT2D eigenvalue weighted by atomic mass is 16.5. The van der Waals surface area contributed by atoms with Gasteiger partial charge in [0.25, 0.3) is 0 Å². The van der Waals surface area contributed by atoms with Crippen LogP contribution in [0.1, 0.15) is 39.5 Å². The van der Waals surface area contributed by atoms with E-state index in [4.69, 9.17) is 4.74 Å². The molecule has 2 N–H and O–H groups in total. The second-order valence-corrected chi connectivity index (χ2v) is 5.52. The largest absolute Gasteiger partial charge is 0.378 e. The van der Waals surface area contributed by atoms with E-state index in [1.54, 1.807) is 12.3 Å². The van der Waals surface area contributed by atoms with Crippen molar-refractivity contribution in [3.63, 3.8) is 0 Å². The number of carbonyl (C=O) groups is 1. The molecule has 1 aliphatic rings. The predicted octanol–water partition coefficient (Wildman–Crippen LogP) is 3.19. The smallest absolute Gasteiger partial charge is 0.320 e. The average Bonchev–Trinajstić information content (AvgIpc) is 2.50. The summed E-state index contributed by atoms with van der Waals surface area (Å²) in [5.74, 6) is 1.15. The number of nitrogens with one attached hydrogen (secondary N) is 2. The lowest BCUT2D eigenvalue weighted by Crippen LogP contribution is -2.45. The van der Waals surface area contributed by atoms with Gasteiger partial charge in [0.15, 0.2) is 0 Å². The molecule has 0 unspecified atom stereocenters. The molecular formula is C16H25N3O2. The van der Waals surface area contributed by atoms with Gasteiger partial charge in [-0.25, -0.2) is 9.78 Å². The van der Waals surface area contributed by atoms with Crippen molar-refractivity contribution in [1.82, 2.24) is 10.3 Å². The first-order chi connectivity index (χ1) is 10.2. The van der Waals surface area contributed by atoms with Crippen LogP contribution in [0.3, 0.4) is 0 Å². The Labute approximate surface area is 126 Å². The monoisotopic (exact) mass is 291 g/mol. The van der Waals surface area contributed by atoms with E-state index in [0.717, 1.165) is 32.3 Å². The molecule has 2 amide bonds. The Balaban J connectivity index is 1.83. The molecule has 5 heteroatoms. The number of rotatable bonds is 5. The summed E-state index contributed by atoms with van der Waals surface area (Å²) < 4.78 is 5.87. The second kappa shape index (κ2) is 7.98. The van der Waals surface area contributed by atoms with Gasteiger partial charge in [0.1, 0.15) is 5.82 Å². The first-order valence-corrected chi connectivity index (χ1v) is 7.83. The van der Waals surface area contributed by atoms with E-state index in [1.807, 2.05) is 12.1 Å². The molecule has 2 rings (SSSR count). The van der Waals surface area contributed by atoms with Crippen LogP contribution in [0.5, 0.6) is 0 Å². The van der Waals surface area contributed by atoms with E-state index in [-0.39, 0.29) is 18.2 Å². The topological polar surface area (TPSA) is 63.2 Å². The van der Waals surface area contributed by atoms with Crippen molar-refractivity contribution in [1.29, 1.82) is 0 Å². The van der Waals surface area contributed by atoms with Gasteiger partial charge in [0.2, 0.25) is 0 Å². The fourth-order valence-electron chi connectivity index (χ4n) is 2.88. The minimum absolute atomic E-state index is 0.174. The zero-order chi connectivity index (χ0) is 15.1. The van der Waals surface area contributed by atoms with Crippen LogP contribution in [-0.4, -0.2) is 29.8 Å². The van der Waals surface area contributed by atoms with Gasteiger partial charge in [-0.2, -0.15) is 0 Å². The molecule has 0 saturated carbocycles. The number of hydrogen-bond donors (Lipinski definition) is 2. The highest BCUT2D eigenvalue weighted by molar-refractivity contribution is 5.88. The third-order valence-electron chi connectivity index (χ3n) is 4.13. The van der Waals surface area contributed by atoms with Crippen LogP contribution in [0.15, 0.2) is 24.4 Å². The SMILES string of the molecule is CCC(CC)[C@@H]1C[C@H](NC(=O)Nc2ccccn2)CCO1. The van der Waals surface area contributed by atoms with Gasteiger partial charge in [0, 0.05) is 18.8 Å². The molecule has 0 aromatic carbocycles. The molecule has 2 atom stereocenters. The van der Waals surface area contributed by atoms with E-state index in [2.05, 4.69) is 29.5 Å². The Hall–Kier alpha value is -1.62. The lowest BCUT2D eigenvalue weighted by molar-refractivity contribution is -0.0329. The Kier molecular flexibility index (Phi) is 5.99. The van der Waals surface area contributed by atoms with Gasteiger partial charge in [-0.05, 0) is 30.9 Å². The van der Waals surface area contributed by atoms with Crippen molar-refractivity contribution in [2.45, 2.75) is 51.7 Å². The molecule has 21 heavy (non-hydrogen) atoms. The van der Waals surface area contributed by atoms with Crippen LogP contribution >= 0.6 is 0 Å². The number of nitrogens with zero attached hydrogens (tertiary/aromatic N) is 1. The fraction of sp³-hybridized carbons (Fsp3) is 0.625. The van der Waals surface area contributed by atoms with Crippen molar-refractivity contribution in [2.24, 2.45) is 5.92 Å². The first kappa shape index (κ1) is 15.8. The first-order valence-electron chi connectivity index (χ1n) is 7.83. The van der Waals surface area contributed by atoms with Crippen molar-refractivity contribution in [3.05, 3.63) is 24.4 Å². The van der Waals surface area contributed by atoms with Crippen LogP contribution in [0.25, 0.3) is 0 Å². The van der Waals surface area contributed by atoms with Crippen molar-refractivity contribution in [3.8, 4) is 0 Å². The van der Waals surface area contributed by atoms with Crippen molar-refractivity contribution >= 4 is 11.8 Å². The van der Waals surface area contributed by atoms with Gasteiger partial charge >= 0.3 is 6.03 Å². The highest BCUT2D eigenvalue weighted by Crippen LogP contribution is 2.25. The van der Waals surface area contributed by atoms with E-state index >= 15 is 0 Å². The maximum absolute atomic E-state index is 12.0. The van der Waals surface area contributed by atoms with Gasteiger partial charge in [-0.15, -0.1) is 0 Å². The van der Waals surface area contributed by atoms with Crippen LogP contribution in [-0.2, 0) is 4.74 Å². The summed E-state index contributed by atoms with van der Waals surface area (Å²) in [7, 11) is 0. The number of aromatic nitrogens is 1. The van der Waals surface area contributed by atoms with Gasteiger partial charge in [0.05, 0.1) is 6.10 Å². The lowest BCUT2D eigenvalue weighted by atomic mass is 9.89. The Morgan fingerprint density at radius 1 is 1.43 bits per heavy atom. The Morgan fingerprint density at radius 2 is 2.24 bits per heavy atom. The van der Waals surface area contributed by atoms with E-state index in [9.17, 15) is 4.79 Å². The number of amides is 2. The normalized spacial score (nSPS) is 22.0. The summed E-state index contributed by atoms with van der Waals surface area (Å²) >= 11 is 0. The second-order valence-electron chi connectivity index (χ2n) is 5.52. The number of anilines is 1. The molecule has 1 aromatic heterocycles. The van der Waals surface area contributed by atoms with Crippen molar-refractivity contribution in [2.75, 3.05) is 11.9 Å². The van der Waals surface area contributed by atoms with Gasteiger partial charge < -0.3 is 10.1 Å². The Bertz CT molecular complexity index is 434. The van der Waals surface area contributed by atoms with Crippen LogP contribution in [0.4, 0.5) is 10.6 Å². The van der Waals surface area contributed by atoms with E-state index < -0.39 is 0 Å². The zero-order valence-electron chi connectivity index (χ0n) is 12.8. The molecule has 2 heterocycles. The quantitative estimate of drug-likeness (QED) is 0.875. The zero-order valence-corrected chi connectivity index (χ0v) is 12.8. The van der Waals surface area contributed by atoms with Crippen molar-refractivity contribution < 1.29 is 9.53 Å². The third kappa shape index (κ3) is 4.70. The molecule has 0 aliphatic carbocycles. The number of urea groups is 1. The summed E-state index contributed by atoms with van der Waals surface area (Å²) in [4.78, 5) is 16.1. The molecule has 0 spiro atoms. The number of ether oxygens (including phenoxy) is 1. The maximum Gasteiger partial charge on any atom is 0.320 e. The number of hydrogen-bond acceptors (Lipinski definition) is 3. The molecule has 5 nitrogen and oxygen atoms in total. The molecule has 1 fully saturated rings. The van der Waals surface area contributed by atoms with Gasteiger partial charge in [-0.1, -0.05) is 32.8 Å². The summed E-state index contributed by atoms with van der Waals surface area (Å²) in [5.41, 5.74) is 0. The average molecular weight is 291 g/mol. The molecule has 116 valence electrons. The molecule has 1 aliphatic heterocycles. The molecule has 1 saturated heterocycles. The summed E-state index contributed by atoms with van der Waals surface area (Å²) in [5, 5.41) is 5.79. The highest BCUT2D eigenvalue weighted by Gasteiger charge is 2.28. The molecule has 0 radical (unpaired) electrons. The fourth-order valence-corrected chi connectivity index (χ4v) is 2.88. The lowest BCUT2D eigenvalue weighted by Gasteiger charge is -2.34. The number of carbonyl (C=O) groups excluding carboxylic acids is 1. The summed E-state index contributed by atoms with van der Waals surface area (Å²) in [6, 6.07) is 5.43. The van der Waals surface area contributed by atoms with Crippen LogP contribution in [0.2, 0.25) is 0 Å². The Morgan fingerprint density at radius 3 is 2.90 bits per heavy atom. The number of pyridine rings is 1. The van der Waals surface area contributed by atoms with E-state index in [0.29, 0.717) is 11.7 Å². The minimum atomic E-state index is -0.191. The van der Waals surface area contributed by atoms with Crippen LogP contribution < -0.4 is 10.6 Å². The minimum Gasteiger partial charge on any atom is -0.378 e. The van der Waals surface area contributed by atoms with Gasteiger partial charge in [-0.3, -0.25) is 5.32 Å².